The summed E-state index contributed by atoms with van der Waals surface area (Å²) < 4.78 is 57.2. The minimum atomic E-state index is -4.75. The maximum absolute atomic E-state index is 13.1. The third-order valence-electron chi connectivity index (χ3n) is 3.73. The Balaban J connectivity index is 1.95. The minimum Gasteiger partial charge on any atom is -0.449 e. The van der Waals surface area contributed by atoms with Crippen molar-refractivity contribution in [1.29, 1.82) is 0 Å². The summed E-state index contributed by atoms with van der Waals surface area (Å²) in [5.41, 5.74) is -0.778. The first kappa shape index (κ1) is 23.0. The molecule has 0 fully saturated rings. The van der Waals surface area contributed by atoms with E-state index in [1.165, 1.54) is 12.1 Å². The van der Waals surface area contributed by atoms with Crippen LogP contribution in [0.15, 0.2) is 42.5 Å². The number of hydrogen-bond donors (Lipinski definition) is 3. The second kappa shape index (κ2) is 9.95. The van der Waals surface area contributed by atoms with Crippen molar-refractivity contribution in [1.82, 2.24) is 5.32 Å². The molecule has 10 heteroatoms. The summed E-state index contributed by atoms with van der Waals surface area (Å²) in [4.78, 5) is 23.7. The fourth-order valence-corrected chi connectivity index (χ4v) is 2.39. The largest absolute Gasteiger partial charge is 0.449 e. The molecular formula is C20H21F4N3O3. The van der Waals surface area contributed by atoms with Gasteiger partial charge in [-0.2, -0.15) is 13.2 Å². The van der Waals surface area contributed by atoms with Crippen molar-refractivity contribution in [3.63, 3.8) is 0 Å². The van der Waals surface area contributed by atoms with Gasteiger partial charge in [-0.05, 0) is 41.8 Å². The van der Waals surface area contributed by atoms with E-state index in [2.05, 4.69) is 16.0 Å². The van der Waals surface area contributed by atoms with Crippen molar-refractivity contribution >= 4 is 23.5 Å². The van der Waals surface area contributed by atoms with Gasteiger partial charge in [0.2, 0.25) is 0 Å². The summed E-state index contributed by atoms with van der Waals surface area (Å²) in [5.74, 6) is -0.849. The van der Waals surface area contributed by atoms with Crippen molar-refractivity contribution in [2.75, 3.05) is 17.2 Å². The number of alkyl halides is 3. The molecule has 0 unspecified atom stereocenters. The average molecular weight is 427 g/mol. The van der Waals surface area contributed by atoms with Gasteiger partial charge in [-0.1, -0.05) is 26.0 Å². The summed E-state index contributed by atoms with van der Waals surface area (Å²) >= 11 is 0. The van der Waals surface area contributed by atoms with Gasteiger partial charge in [0.05, 0.1) is 12.2 Å². The first-order chi connectivity index (χ1) is 14.0. The highest BCUT2D eigenvalue weighted by atomic mass is 19.4. The van der Waals surface area contributed by atoms with Crippen LogP contribution in [0.4, 0.5) is 38.5 Å². The number of hydrogen-bond acceptors (Lipinski definition) is 3. The fourth-order valence-electron chi connectivity index (χ4n) is 2.39. The van der Waals surface area contributed by atoms with Crippen LogP contribution in [0.1, 0.15) is 25.0 Å². The quantitative estimate of drug-likeness (QED) is 0.542. The number of benzene rings is 2. The lowest BCUT2D eigenvalue weighted by Crippen LogP contribution is -2.29. The van der Waals surface area contributed by atoms with Crippen molar-refractivity contribution in [3.05, 3.63) is 59.4 Å². The predicted molar refractivity (Wildman–Crippen MR) is 104 cm³/mol. The Morgan fingerprint density at radius 2 is 1.70 bits per heavy atom. The van der Waals surface area contributed by atoms with Gasteiger partial charge in [0.15, 0.2) is 0 Å². The summed E-state index contributed by atoms with van der Waals surface area (Å²) in [6, 6.07) is 7.58. The maximum Gasteiger partial charge on any atom is 0.416 e. The van der Waals surface area contributed by atoms with Crippen molar-refractivity contribution in [2.24, 2.45) is 5.92 Å². The Hall–Kier alpha value is -3.30. The molecule has 0 aliphatic rings. The van der Waals surface area contributed by atoms with Crippen LogP contribution in [-0.4, -0.2) is 18.7 Å². The molecule has 162 valence electrons. The number of anilines is 2. The van der Waals surface area contributed by atoms with Crippen LogP contribution in [0.25, 0.3) is 0 Å². The summed E-state index contributed by atoms with van der Waals surface area (Å²) in [7, 11) is 0. The first-order valence-electron chi connectivity index (χ1n) is 8.99. The molecule has 0 aliphatic heterocycles. The van der Waals surface area contributed by atoms with Crippen molar-refractivity contribution < 1.29 is 31.9 Å². The number of halogens is 4. The molecule has 0 bridgehead atoms. The zero-order valence-corrected chi connectivity index (χ0v) is 16.3. The van der Waals surface area contributed by atoms with Crippen molar-refractivity contribution in [3.8, 4) is 0 Å². The molecule has 0 heterocycles. The van der Waals surface area contributed by atoms with Gasteiger partial charge in [-0.25, -0.2) is 14.0 Å². The number of carbonyl (C=O) groups excluding carboxylic acids is 2. The standard InChI is InChI=1S/C20H21F4N3O3/c1-12(2)11-30-19(29)27-16-5-3-4-15(9-16)26-18(28)25-10-13-6-7-14(21)8-17(13)20(22,23)24/h3-9,12H,10-11H2,1-2H3,(H,27,29)(H2,25,26,28). The molecular weight excluding hydrogens is 406 g/mol. The van der Waals surface area contributed by atoms with Crippen LogP contribution in [-0.2, 0) is 17.5 Å². The third-order valence-corrected chi connectivity index (χ3v) is 3.73. The van der Waals surface area contributed by atoms with E-state index in [1.807, 2.05) is 13.8 Å². The van der Waals surface area contributed by atoms with Gasteiger partial charge >= 0.3 is 18.3 Å². The van der Waals surface area contributed by atoms with Crippen molar-refractivity contribution in [2.45, 2.75) is 26.6 Å². The summed E-state index contributed by atoms with van der Waals surface area (Å²) in [6.07, 6.45) is -5.40. The van der Waals surface area contributed by atoms with E-state index in [4.69, 9.17) is 4.74 Å². The number of nitrogens with one attached hydrogen (secondary N) is 3. The normalized spacial score (nSPS) is 11.2. The monoisotopic (exact) mass is 427 g/mol. The molecule has 3 N–H and O–H groups in total. The average Bonchev–Trinajstić information content (AvgIpc) is 2.65. The molecule has 0 atom stereocenters. The second-order valence-corrected chi connectivity index (χ2v) is 6.81. The topological polar surface area (TPSA) is 79.5 Å². The number of amides is 3. The number of urea groups is 1. The zero-order chi connectivity index (χ0) is 22.3. The Morgan fingerprint density at radius 1 is 1.03 bits per heavy atom. The third kappa shape index (κ3) is 7.26. The molecule has 3 amide bonds. The lowest BCUT2D eigenvalue weighted by atomic mass is 10.1. The van der Waals surface area contributed by atoms with Gasteiger partial charge in [0.1, 0.15) is 5.82 Å². The second-order valence-electron chi connectivity index (χ2n) is 6.81. The molecule has 0 aliphatic carbocycles. The molecule has 6 nitrogen and oxygen atoms in total. The highest BCUT2D eigenvalue weighted by Gasteiger charge is 2.33. The van der Waals surface area contributed by atoms with Crippen LogP contribution in [0, 0.1) is 11.7 Å². The predicted octanol–water partition coefficient (Wildman–Crippen LogP) is 5.37. The maximum atomic E-state index is 13.1. The van der Waals surface area contributed by atoms with Crippen LogP contribution < -0.4 is 16.0 Å². The minimum absolute atomic E-state index is 0.173. The molecule has 2 aromatic rings. The van der Waals surface area contributed by atoms with Crippen LogP contribution in [0.3, 0.4) is 0 Å². The van der Waals surface area contributed by atoms with Crippen LogP contribution in [0.2, 0.25) is 0 Å². The number of ether oxygens (including phenoxy) is 1. The van der Waals surface area contributed by atoms with Gasteiger partial charge in [-0.3, -0.25) is 5.32 Å². The molecule has 0 spiro atoms. The molecule has 2 aromatic carbocycles. The molecule has 2 rings (SSSR count). The lowest BCUT2D eigenvalue weighted by molar-refractivity contribution is -0.138. The summed E-state index contributed by atoms with van der Waals surface area (Å²) in [5, 5.41) is 7.24. The van der Waals surface area contributed by atoms with E-state index >= 15 is 0 Å². The smallest absolute Gasteiger partial charge is 0.416 e. The Labute approximate surface area is 170 Å². The summed E-state index contributed by atoms with van der Waals surface area (Å²) in [6.45, 7) is 3.57. The highest BCUT2D eigenvalue weighted by Crippen LogP contribution is 2.32. The molecule has 0 saturated carbocycles. The zero-order valence-electron chi connectivity index (χ0n) is 16.3. The SMILES string of the molecule is CC(C)COC(=O)Nc1cccc(NC(=O)NCc2ccc(F)cc2C(F)(F)F)c1. The van der Waals surface area contributed by atoms with Gasteiger partial charge in [0, 0.05) is 17.9 Å². The Kier molecular flexibility index (Phi) is 7.62. The first-order valence-corrected chi connectivity index (χ1v) is 8.99. The number of rotatable bonds is 6. The van der Waals surface area contributed by atoms with E-state index in [9.17, 15) is 27.2 Å². The number of carbonyl (C=O) groups is 2. The highest BCUT2D eigenvalue weighted by molar-refractivity contribution is 5.91. The van der Waals surface area contributed by atoms with E-state index in [-0.39, 0.29) is 18.1 Å². The van der Waals surface area contributed by atoms with E-state index in [0.29, 0.717) is 17.4 Å². The van der Waals surface area contributed by atoms with Crippen LogP contribution >= 0.6 is 0 Å². The van der Waals surface area contributed by atoms with E-state index in [1.54, 1.807) is 12.1 Å². The molecule has 0 saturated heterocycles. The van der Waals surface area contributed by atoms with Gasteiger partial charge in [0.25, 0.3) is 0 Å². The molecule has 30 heavy (non-hydrogen) atoms. The van der Waals surface area contributed by atoms with Gasteiger partial charge < -0.3 is 15.4 Å². The Bertz CT molecular complexity index is 901. The van der Waals surface area contributed by atoms with E-state index in [0.717, 1.165) is 12.1 Å². The van der Waals surface area contributed by atoms with Gasteiger partial charge in [-0.15, -0.1) is 0 Å². The Morgan fingerprint density at radius 3 is 2.33 bits per heavy atom. The molecule has 0 aromatic heterocycles. The molecule has 0 radical (unpaired) electrons. The van der Waals surface area contributed by atoms with Crippen LogP contribution in [0.5, 0.6) is 0 Å². The van der Waals surface area contributed by atoms with E-state index < -0.39 is 36.2 Å². The lowest BCUT2D eigenvalue weighted by Gasteiger charge is -2.14. The fraction of sp³-hybridized carbons (Fsp3) is 0.300.